The number of hydrogen-bond acceptors (Lipinski definition) is 1. The highest BCUT2D eigenvalue weighted by Crippen LogP contribution is 2.45. The van der Waals surface area contributed by atoms with Crippen LogP contribution in [0.4, 0.5) is 0 Å². The maximum absolute atomic E-state index is 10.7. The summed E-state index contributed by atoms with van der Waals surface area (Å²) < 4.78 is 0. The zero-order chi connectivity index (χ0) is 10.1. The van der Waals surface area contributed by atoms with Crippen LogP contribution in [0.5, 0.6) is 0 Å². The lowest BCUT2D eigenvalue weighted by Gasteiger charge is -2.33. The molecule has 0 aromatic rings. The van der Waals surface area contributed by atoms with E-state index < -0.39 is 5.97 Å². The zero-order valence-electron chi connectivity index (χ0n) is 8.84. The average Bonchev–Trinajstić information content (AvgIpc) is 2.32. The predicted octanol–water partition coefficient (Wildman–Crippen LogP) is 2.92. The Kier molecular flexibility index (Phi) is 2.99. The summed E-state index contributed by atoms with van der Waals surface area (Å²) in [6.45, 7) is 6.43. The van der Waals surface area contributed by atoms with Gasteiger partial charge in [-0.25, -0.2) is 0 Å². The second-order valence-electron chi connectivity index (χ2n) is 5.07. The predicted molar refractivity (Wildman–Crippen MR) is 52.5 cm³/mol. The molecule has 2 atom stereocenters. The molecule has 0 amide bonds. The van der Waals surface area contributed by atoms with Crippen LogP contribution in [0.1, 0.15) is 46.5 Å². The van der Waals surface area contributed by atoms with E-state index in [1.807, 2.05) is 0 Å². The molecule has 0 bridgehead atoms. The van der Waals surface area contributed by atoms with Crippen LogP contribution in [0.3, 0.4) is 0 Å². The van der Waals surface area contributed by atoms with Crippen molar-refractivity contribution in [1.29, 1.82) is 0 Å². The van der Waals surface area contributed by atoms with Crippen molar-refractivity contribution >= 4 is 5.97 Å². The average molecular weight is 184 g/mol. The summed E-state index contributed by atoms with van der Waals surface area (Å²) in [5, 5.41) is 8.80. The normalized spacial score (nSPS) is 29.2. The van der Waals surface area contributed by atoms with Gasteiger partial charge < -0.3 is 5.11 Å². The molecule has 2 heteroatoms. The van der Waals surface area contributed by atoms with Gasteiger partial charge >= 0.3 is 5.97 Å². The molecule has 1 aliphatic rings. The molecule has 1 rings (SSSR count). The summed E-state index contributed by atoms with van der Waals surface area (Å²) in [5.41, 5.74) is -0.0260. The van der Waals surface area contributed by atoms with Crippen molar-refractivity contribution in [2.24, 2.45) is 17.3 Å². The molecule has 1 fully saturated rings. The summed E-state index contributed by atoms with van der Waals surface area (Å²) in [4.78, 5) is 10.7. The van der Waals surface area contributed by atoms with E-state index in [-0.39, 0.29) is 5.41 Å². The van der Waals surface area contributed by atoms with E-state index in [2.05, 4.69) is 20.8 Å². The van der Waals surface area contributed by atoms with Crippen molar-refractivity contribution in [3.63, 3.8) is 0 Å². The Morgan fingerprint density at radius 2 is 2.08 bits per heavy atom. The summed E-state index contributed by atoms with van der Waals surface area (Å²) in [6, 6.07) is 0. The van der Waals surface area contributed by atoms with Crippen molar-refractivity contribution in [2.45, 2.75) is 46.5 Å². The Balaban J connectivity index is 2.62. The molecule has 1 aliphatic carbocycles. The monoisotopic (exact) mass is 184 g/mol. The first-order valence-electron chi connectivity index (χ1n) is 5.15. The second-order valence-corrected chi connectivity index (χ2v) is 5.07. The van der Waals surface area contributed by atoms with Gasteiger partial charge in [-0.15, -0.1) is 0 Å². The van der Waals surface area contributed by atoms with Crippen LogP contribution in [0.2, 0.25) is 0 Å². The van der Waals surface area contributed by atoms with Gasteiger partial charge in [-0.3, -0.25) is 4.79 Å². The lowest BCUT2D eigenvalue weighted by molar-refractivity contribution is -0.140. The van der Waals surface area contributed by atoms with Gasteiger partial charge in [0.1, 0.15) is 0 Å². The lowest BCUT2D eigenvalue weighted by Crippen LogP contribution is -2.28. The largest absolute Gasteiger partial charge is 0.481 e. The number of carbonyl (C=O) groups is 1. The molecule has 0 unspecified atom stereocenters. The molecule has 0 heterocycles. The highest BCUT2D eigenvalue weighted by molar-refractivity contribution is 5.67. The number of carboxylic acid groups (broad SMARTS) is 1. The highest BCUT2D eigenvalue weighted by Gasteiger charge is 2.37. The van der Waals surface area contributed by atoms with Gasteiger partial charge in [0.15, 0.2) is 0 Å². The molecule has 76 valence electrons. The SMILES string of the molecule is C[C@@H]1CCC[C@@H]1C(C)(C)CC(=O)O. The van der Waals surface area contributed by atoms with E-state index in [0.29, 0.717) is 18.3 Å². The standard InChI is InChI=1S/C11H20O2/c1-8-5-4-6-9(8)11(2,3)7-10(12)13/h8-9H,4-7H2,1-3H3,(H,12,13)/t8-,9+/m1/s1. The van der Waals surface area contributed by atoms with Crippen LogP contribution in [0, 0.1) is 17.3 Å². The molecular weight excluding hydrogens is 164 g/mol. The fourth-order valence-corrected chi connectivity index (χ4v) is 2.83. The van der Waals surface area contributed by atoms with Crippen molar-refractivity contribution in [1.82, 2.24) is 0 Å². The summed E-state index contributed by atoms with van der Waals surface area (Å²) in [5.74, 6) is 0.641. The third-order valence-corrected chi connectivity index (χ3v) is 3.47. The summed E-state index contributed by atoms with van der Waals surface area (Å²) in [6.07, 6.45) is 4.06. The van der Waals surface area contributed by atoms with Crippen molar-refractivity contribution in [3.05, 3.63) is 0 Å². The van der Waals surface area contributed by atoms with Crippen LogP contribution >= 0.6 is 0 Å². The van der Waals surface area contributed by atoms with Crippen molar-refractivity contribution < 1.29 is 9.90 Å². The van der Waals surface area contributed by atoms with Gasteiger partial charge in [-0.05, 0) is 23.7 Å². The minimum atomic E-state index is -0.663. The molecule has 13 heavy (non-hydrogen) atoms. The van der Waals surface area contributed by atoms with E-state index in [1.165, 1.54) is 19.3 Å². The van der Waals surface area contributed by atoms with Crippen LogP contribution in [0.15, 0.2) is 0 Å². The summed E-state index contributed by atoms with van der Waals surface area (Å²) >= 11 is 0. The first-order chi connectivity index (χ1) is 5.93. The maximum Gasteiger partial charge on any atom is 0.303 e. The number of carboxylic acids is 1. The minimum absolute atomic E-state index is 0.0260. The van der Waals surface area contributed by atoms with E-state index in [1.54, 1.807) is 0 Å². The molecule has 0 radical (unpaired) electrons. The van der Waals surface area contributed by atoms with Crippen LogP contribution in [-0.4, -0.2) is 11.1 Å². The Hall–Kier alpha value is -0.530. The Labute approximate surface area is 80.3 Å². The fourth-order valence-electron chi connectivity index (χ4n) is 2.83. The van der Waals surface area contributed by atoms with E-state index in [9.17, 15) is 4.79 Å². The first kappa shape index (κ1) is 10.6. The molecule has 2 nitrogen and oxygen atoms in total. The quantitative estimate of drug-likeness (QED) is 0.732. The Morgan fingerprint density at radius 1 is 1.46 bits per heavy atom. The zero-order valence-corrected chi connectivity index (χ0v) is 8.84. The van der Waals surface area contributed by atoms with Gasteiger partial charge in [0, 0.05) is 0 Å². The Bertz CT molecular complexity index is 196. The molecule has 0 spiro atoms. The van der Waals surface area contributed by atoms with E-state index in [4.69, 9.17) is 5.11 Å². The minimum Gasteiger partial charge on any atom is -0.481 e. The molecule has 0 aromatic carbocycles. The molecular formula is C11H20O2. The lowest BCUT2D eigenvalue weighted by atomic mass is 9.72. The number of aliphatic carboxylic acids is 1. The van der Waals surface area contributed by atoms with Crippen molar-refractivity contribution in [3.8, 4) is 0 Å². The smallest absolute Gasteiger partial charge is 0.303 e. The third-order valence-electron chi connectivity index (χ3n) is 3.47. The van der Waals surface area contributed by atoms with Crippen LogP contribution in [0.25, 0.3) is 0 Å². The van der Waals surface area contributed by atoms with Crippen LogP contribution in [-0.2, 0) is 4.79 Å². The van der Waals surface area contributed by atoms with Gasteiger partial charge in [0.25, 0.3) is 0 Å². The molecule has 0 saturated heterocycles. The van der Waals surface area contributed by atoms with Crippen molar-refractivity contribution in [2.75, 3.05) is 0 Å². The molecule has 1 saturated carbocycles. The topological polar surface area (TPSA) is 37.3 Å². The highest BCUT2D eigenvalue weighted by atomic mass is 16.4. The second kappa shape index (κ2) is 3.69. The third kappa shape index (κ3) is 2.45. The fraction of sp³-hybridized carbons (Fsp3) is 0.909. The van der Waals surface area contributed by atoms with Gasteiger partial charge in [0.05, 0.1) is 6.42 Å². The summed E-state index contributed by atoms with van der Waals surface area (Å²) in [7, 11) is 0. The van der Waals surface area contributed by atoms with E-state index in [0.717, 1.165) is 0 Å². The molecule has 0 aliphatic heterocycles. The van der Waals surface area contributed by atoms with Gasteiger partial charge in [0.2, 0.25) is 0 Å². The molecule has 1 N–H and O–H groups in total. The number of hydrogen-bond donors (Lipinski definition) is 1. The van der Waals surface area contributed by atoms with Gasteiger partial charge in [-0.2, -0.15) is 0 Å². The Morgan fingerprint density at radius 3 is 2.46 bits per heavy atom. The molecule has 0 aromatic heterocycles. The number of rotatable bonds is 3. The van der Waals surface area contributed by atoms with Crippen LogP contribution < -0.4 is 0 Å². The first-order valence-corrected chi connectivity index (χ1v) is 5.15. The maximum atomic E-state index is 10.7. The van der Waals surface area contributed by atoms with Gasteiger partial charge in [-0.1, -0.05) is 33.6 Å². The van der Waals surface area contributed by atoms with E-state index >= 15 is 0 Å².